The van der Waals surface area contributed by atoms with Crippen LogP contribution >= 0.6 is 0 Å². The fraction of sp³-hybridized carbons (Fsp3) is 0.857. The van der Waals surface area contributed by atoms with Gasteiger partial charge in [0.15, 0.2) is 6.29 Å². The molecule has 0 radical (unpaired) electrons. The standard InChI is InChI=1S/C7H12O5/c1-7(4-10)11-5(2-8)6(3-9)12-7/h4-6,8-9H,2-3H2,1H3/t5-,6-/m1/s1. The Morgan fingerprint density at radius 2 is 1.75 bits per heavy atom. The molecular weight excluding hydrogens is 164 g/mol. The van der Waals surface area contributed by atoms with Gasteiger partial charge in [0.2, 0.25) is 5.79 Å². The summed E-state index contributed by atoms with van der Waals surface area (Å²) in [5.74, 6) is -1.32. The summed E-state index contributed by atoms with van der Waals surface area (Å²) in [5.41, 5.74) is 0. The average Bonchev–Trinajstić information content (AvgIpc) is 2.43. The molecule has 0 aliphatic carbocycles. The topological polar surface area (TPSA) is 76.0 Å². The number of hydrogen-bond acceptors (Lipinski definition) is 5. The maximum absolute atomic E-state index is 10.4. The van der Waals surface area contributed by atoms with E-state index in [9.17, 15) is 4.79 Å². The number of ether oxygens (including phenoxy) is 2. The molecule has 0 saturated carbocycles. The number of aliphatic hydroxyl groups excluding tert-OH is 2. The van der Waals surface area contributed by atoms with Crippen molar-refractivity contribution >= 4 is 6.29 Å². The third-order valence-electron chi connectivity index (χ3n) is 1.76. The molecule has 2 atom stereocenters. The van der Waals surface area contributed by atoms with E-state index in [1.165, 1.54) is 6.92 Å². The van der Waals surface area contributed by atoms with Crippen LogP contribution in [0.1, 0.15) is 6.92 Å². The van der Waals surface area contributed by atoms with Crippen LogP contribution in [0, 0.1) is 0 Å². The SMILES string of the molecule is CC1(C=O)O[C@H](CO)[C@@H](CO)O1. The summed E-state index contributed by atoms with van der Waals surface area (Å²) >= 11 is 0. The molecule has 0 bridgehead atoms. The van der Waals surface area contributed by atoms with Crippen LogP contribution in [0.5, 0.6) is 0 Å². The van der Waals surface area contributed by atoms with Crippen molar-refractivity contribution in [2.75, 3.05) is 13.2 Å². The smallest absolute Gasteiger partial charge is 0.223 e. The van der Waals surface area contributed by atoms with Crippen LogP contribution in [0.3, 0.4) is 0 Å². The lowest BCUT2D eigenvalue weighted by Crippen LogP contribution is -2.29. The van der Waals surface area contributed by atoms with Crippen LogP contribution in [-0.2, 0) is 14.3 Å². The lowest BCUT2D eigenvalue weighted by molar-refractivity contribution is -0.171. The van der Waals surface area contributed by atoms with Gasteiger partial charge in [0, 0.05) is 0 Å². The van der Waals surface area contributed by atoms with E-state index < -0.39 is 18.0 Å². The van der Waals surface area contributed by atoms with Gasteiger partial charge in [-0.15, -0.1) is 0 Å². The quantitative estimate of drug-likeness (QED) is 0.521. The zero-order chi connectivity index (χ0) is 9.19. The molecule has 1 aliphatic heterocycles. The summed E-state index contributed by atoms with van der Waals surface area (Å²) in [6, 6.07) is 0. The van der Waals surface area contributed by atoms with Crippen molar-refractivity contribution in [1.82, 2.24) is 0 Å². The van der Waals surface area contributed by atoms with E-state index in [4.69, 9.17) is 19.7 Å². The van der Waals surface area contributed by atoms with E-state index in [2.05, 4.69) is 0 Å². The fourth-order valence-electron chi connectivity index (χ4n) is 1.15. The van der Waals surface area contributed by atoms with Crippen molar-refractivity contribution in [2.45, 2.75) is 24.9 Å². The number of carbonyl (C=O) groups is 1. The Labute approximate surface area is 69.9 Å². The molecular formula is C7H12O5. The van der Waals surface area contributed by atoms with Gasteiger partial charge >= 0.3 is 0 Å². The summed E-state index contributed by atoms with van der Waals surface area (Å²) in [7, 11) is 0. The Bertz CT molecular complexity index is 157. The zero-order valence-corrected chi connectivity index (χ0v) is 6.77. The fourth-order valence-corrected chi connectivity index (χ4v) is 1.15. The molecule has 1 saturated heterocycles. The van der Waals surface area contributed by atoms with E-state index in [0.717, 1.165) is 0 Å². The summed E-state index contributed by atoms with van der Waals surface area (Å²) in [6.07, 6.45) is -0.735. The van der Waals surface area contributed by atoms with Crippen LogP contribution in [0.15, 0.2) is 0 Å². The molecule has 0 amide bonds. The van der Waals surface area contributed by atoms with Crippen molar-refractivity contribution in [2.24, 2.45) is 0 Å². The molecule has 1 aliphatic rings. The molecule has 1 rings (SSSR count). The molecule has 0 aromatic rings. The normalized spacial score (nSPS) is 33.6. The molecule has 5 nitrogen and oxygen atoms in total. The number of aldehydes is 1. The van der Waals surface area contributed by atoms with Gasteiger partial charge in [0.25, 0.3) is 0 Å². The van der Waals surface area contributed by atoms with Crippen LogP contribution < -0.4 is 0 Å². The first-order valence-corrected chi connectivity index (χ1v) is 3.69. The highest BCUT2D eigenvalue weighted by molar-refractivity contribution is 5.59. The van der Waals surface area contributed by atoms with Crippen LogP contribution in [0.4, 0.5) is 0 Å². The van der Waals surface area contributed by atoms with Gasteiger partial charge in [-0.2, -0.15) is 0 Å². The second kappa shape index (κ2) is 3.49. The monoisotopic (exact) mass is 176 g/mol. The molecule has 0 unspecified atom stereocenters. The molecule has 0 spiro atoms. The first-order valence-electron chi connectivity index (χ1n) is 3.69. The van der Waals surface area contributed by atoms with Crippen LogP contribution in [-0.4, -0.2) is 47.7 Å². The summed E-state index contributed by atoms with van der Waals surface area (Å²) in [4.78, 5) is 10.4. The molecule has 0 aromatic heterocycles. The number of hydrogen-bond donors (Lipinski definition) is 2. The Hall–Kier alpha value is -0.490. The van der Waals surface area contributed by atoms with Gasteiger partial charge in [-0.3, -0.25) is 4.79 Å². The zero-order valence-electron chi connectivity index (χ0n) is 6.77. The van der Waals surface area contributed by atoms with E-state index in [1.54, 1.807) is 0 Å². The van der Waals surface area contributed by atoms with Gasteiger partial charge in [-0.1, -0.05) is 0 Å². The highest BCUT2D eigenvalue weighted by Crippen LogP contribution is 2.26. The maximum Gasteiger partial charge on any atom is 0.223 e. The second-order valence-corrected chi connectivity index (χ2v) is 2.81. The van der Waals surface area contributed by atoms with Crippen molar-refractivity contribution in [3.05, 3.63) is 0 Å². The van der Waals surface area contributed by atoms with E-state index >= 15 is 0 Å². The predicted octanol–water partition coefficient (Wildman–Crippen LogP) is -1.33. The summed E-state index contributed by atoms with van der Waals surface area (Å²) < 4.78 is 10.1. The van der Waals surface area contributed by atoms with Gasteiger partial charge < -0.3 is 19.7 Å². The minimum atomic E-state index is -1.32. The minimum absolute atomic E-state index is 0.269. The molecule has 5 heteroatoms. The molecule has 70 valence electrons. The van der Waals surface area contributed by atoms with Gasteiger partial charge in [-0.25, -0.2) is 0 Å². The lowest BCUT2D eigenvalue weighted by atomic mass is 10.2. The minimum Gasteiger partial charge on any atom is -0.394 e. The number of carbonyl (C=O) groups excluding carboxylic acids is 1. The van der Waals surface area contributed by atoms with Gasteiger partial charge in [-0.05, 0) is 6.92 Å². The maximum atomic E-state index is 10.4. The average molecular weight is 176 g/mol. The van der Waals surface area contributed by atoms with E-state index in [1.807, 2.05) is 0 Å². The molecule has 2 N–H and O–H groups in total. The third kappa shape index (κ3) is 1.64. The van der Waals surface area contributed by atoms with Crippen molar-refractivity contribution < 1.29 is 24.5 Å². The molecule has 1 heterocycles. The van der Waals surface area contributed by atoms with Gasteiger partial charge in [0.05, 0.1) is 13.2 Å². The number of aliphatic hydroxyl groups is 2. The second-order valence-electron chi connectivity index (χ2n) is 2.81. The van der Waals surface area contributed by atoms with Gasteiger partial charge in [0.1, 0.15) is 12.2 Å². The Balaban J connectivity index is 2.64. The highest BCUT2D eigenvalue weighted by Gasteiger charge is 2.43. The van der Waals surface area contributed by atoms with E-state index in [-0.39, 0.29) is 13.2 Å². The predicted molar refractivity (Wildman–Crippen MR) is 38.4 cm³/mol. The molecule has 12 heavy (non-hydrogen) atoms. The summed E-state index contributed by atoms with van der Waals surface area (Å²) in [6.45, 7) is 0.904. The third-order valence-corrected chi connectivity index (χ3v) is 1.76. The molecule has 1 fully saturated rings. The number of rotatable bonds is 3. The first kappa shape index (κ1) is 9.60. The summed E-state index contributed by atoms with van der Waals surface area (Å²) in [5, 5.41) is 17.5. The first-order chi connectivity index (χ1) is 5.65. The van der Waals surface area contributed by atoms with Crippen molar-refractivity contribution in [1.29, 1.82) is 0 Å². The van der Waals surface area contributed by atoms with Crippen LogP contribution in [0.2, 0.25) is 0 Å². The highest BCUT2D eigenvalue weighted by atomic mass is 16.8. The largest absolute Gasteiger partial charge is 0.394 e. The Morgan fingerprint density at radius 1 is 1.33 bits per heavy atom. The Morgan fingerprint density at radius 3 is 2.00 bits per heavy atom. The van der Waals surface area contributed by atoms with Crippen molar-refractivity contribution in [3.63, 3.8) is 0 Å². The lowest BCUT2D eigenvalue weighted by Gasteiger charge is -2.14. The van der Waals surface area contributed by atoms with Crippen LogP contribution in [0.25, 0.3) is 0 Å². The molecule has 0 aromatic carbocycles. The van der Waals surface area contributed by atoms with E-state index in [0.29, 0.717) is 6.29 Å². The van der Waals surface area contributed by atoms with Crippen molar-refractivity contribution in [3.8, 4) is 0 Å². The Kier molecular flexibility index (Phi) is 2.79.